The summed E-state index contributed by atoms with van der Waals surface area (Å²) in [5.74, 6) is 0.170. The van der Waals surface area contributed by atoms with E-state index in [1.54, 1.807) is 24.3 Å². The summed E-state index contributed by atoms with van der Waals surface area (Å²) >= 11 is 5.91. The van der Waals surface area contributed by atoms with Crippen LogP contribution in [0.15, 0.2) is 48.8 Å². The molecule has 0 radical (unpaired) electrons. The first-order chi connectivity index (χ1) is 18.1. The van der Waals surface area contributed by atoms with E-state index in [-0.39, 0.29) is 17.0 Å². The first kappa shape index (κ1) is 28.5. The van der Waals surface area contributed by atoms with Crippen LogP contribution in [-0.4, -0.2) is 71.0 Å². The molecule has 2 heterocycles. The number of hydrogen-bond acceptors (Lipinski definition) is 9. The summed E-state index contributed by atoms with van der Waals surface area (Å²) in [6, 6.07) is 7.82. The van der Waals surface area contributed by atoms with Crippen LogP contribution in [0.1, 0.15) is 6.42 Å². The van der Waals surface area contributed by atoms with E-state index >= 15 is 0 Å². The zero-order chi connectivity index (χ0) is 27.7. The smallest absolute Gasteiger partial charge is 0.291 e. The van der Waals surface area contributed by atoms with Gasteiger partial charge in [0.2, 0.25) is 5.91 Å². The van der Waals surface area contributed by atoms with Crippen molar-refractivity contribution < 1.29 is 29.0 Å². The molecule has 38 heavy (non-hydrogen) atoms. The van der Waals surface area contributed by atoms with Crippen molar-refractivity contribution in [3.8, 4) is 5.75 Å². The van der Waals surface area contributed by atoms with Crippen LogP contribution in [-0.2, 0) is 9.53 Å². The fourth-order valence-electron chi connectivity index (χ4n) is 3.42. The minimum Gasteiger partial charge on any atom is -0.486 e. The van der Waals surface area contributed by atoms with Crippen molar-refractivity contribution in [3.63, 3.8) is 0 Å². The second-order valence-corrected chi connectivity index (χ2v) is 8.74. The van der Waals surface area contributed by atoms with Gasteiger partial charge >= 0.3 is 0 Å². The monoisotopic (exact) mass is 548 g/mol. The van der Waals surface area contributed by atoms with Crippen molar-refractivity contribution >= 4 is 45.6 Å². The van der Waals surface area contributed by atoms with E-state index in [0.29, 0.717) is 53.6 Å². The van der Waals surface area contributed by atoms with Crippen LogP contribution >= 0.6 is 11.6 Å². The largest absolute Gasteiger partial charge is 0.486 e. The van der Waals surface area contributed by atoms with Crippen LogP contribution in [0.2, 0.25) is 5.02 Å². The number of benzene rings is 2. The van der Waals surface area contributed by atoms with Crippen molar-refractivity contribution in [2.24, 2.45) is 0 Å². The molecular formula is C24H26ClFN6O6. The summed E-state index contributed by atoms with van der Waals surface area (Å²) in [6.45, 7) is 1.75. The molecule has 4 rings (SSSR count). The predicted octanol–water partition coefficient (Wildman–Crippen LogP) is 4.04. The number of carbonyl (C=O) groups is 1. The molecule has 1 aliphatic rings. The van der Waals surface area contributed by atoms with Gasteiger partial charge in [-0.25, -0.2) is 14.4 Å². The van der Waals surface area contributed by atoms with E-state index in [2.05, 4.69) is 20.6 Å². The normalized spacial score (nSPS) is 14.8. The molecule has 1 saturated heterocycles. The van der Waals surface area contributed by atoms with Gasteiger partial charge in [0.05, 0.1) is 29.4 Å². The van der Waals surface area contributed by atoms with Crippen LogP contribution in [0.3, 0.4) is 0 Å². The Hall–Kier alpha value is -4.07. The van der Waals surface area contributed by atoms with Crippen molar-refractivity contribution in [1.29, 1.82) is 0 Å². The first-order valence-corrected chi connectivity index (χ1v) is 11.7. The van der Waals surface area contributed by atoms with Gasteiger partial charge in [-0.3, -0.25) is 4.79 Å². The molecule has 3 N–H and O–H groups in total. The van der Waals surface area contributed by atoms with Crippen LogP contribution < -0.4 is 15.4 Å². The van der Waals surface area contributed by atoms with E-state index in [1.165, 1.54) is 24.5 Å². The molecule has 202 valence electrons. The van der Waals surface area contributed by atoms with Gasteiger partial charge in [0.15, 0.2) is 0 Å². The molecule has 0 spiro atoms. The highest BCUT2D eigenvalue weighted by atomic mass is 35.5. The van der Waals surface area contributed by atoms with Gasteiger partial charge in [-0.05, 0) is 38.4 Å². The molecule has 1 amide bonds. The molecule has 1 aromatic heterocycles. The summed E-state index contributed by atoms with van der Waals surface area (Å²) in [6.07, 6.45) is 5.32. The van der Waals surface area contributed by atoms with E-state index in [4.69, 9.17) is 36.4 Å². The number of nitrogens with one attached hydrogen (secondary N) is 2. The molecule has 3 aromatic rings. The number of anilines is 3. The van der Waals surface area contributed by atoms with E-state index in [0.717, 1.165) is 6.42 Å². The average Bonchev–Trinajstić information content (AvgIpc) is 3.35. The summed E-state index contributed by atoms with van der Waals surface area (Å²) in [5, 5.41) is 20.3. The highest BCUT2D eigenvalue weighted by Crippen LogP contribution is 2.35. The van der Waals surface area contributed by atoms with E-state index in [9.17, 15) is 9.18 Å². The highest BCUT2D eigenvalue weighted by Gasteiger charge is 2.20. The summed E-state index contributed by atoms with van der Waals surface area (Å²) in [4.78, 5) is 31.6. The molecule has 0 bridgehead atoms. The predicted molar refractivity (Wildman–Crippen MR) is 139 cm³/mol. The maximum absolute atomic E-state index is 13.6. The van der Waals surface area contributed by atoms with Crippen molar-refractivity contribution in [2.45, 2.75) is 12.5 Å². The van der Waals surface area contributed by atoms with Gasteiger partial charge in [-0.2, -0.15) is 0 Å². The topological polar surface area (TPSA) is 152 Å². The number of rotatable bonds is 8. The molecule has 12 nitrogen and oxygen atoms in total. The number of likely N-dealkylation sites (N-methyl/N-ethyl adjacent to an activating group) is 1. The lowest BCUT2D eigenvalue weighted by Crippen LogP contribution is -2.18. The molecule has 1 atom stereocenters. The van der Waals surface area contributed by atoms with Crippen LogP contribution in [0.25, 0.3) is 10.9 Å². The number of halogens is 2. The zero-order valence-corrected chi connectivity index (χ0v) is 21.3. The maximum Gasteiger partial charge on any atom is 0.291 e. The SMILES string of the molecule is CN(C)C/C=C/C(=O)Nc1cc2c(Nc3ccc(F)c(Cl)c3)ncnc2cc1O[C@H]1CCOC1.O=[N+]([O-])O. The Balaban J connectivity index is 0.000000934. The summed E-state index contributed by atoms with van der Waals surface area (Å²) < 4.78 is 25.1. The number of ether oxygens (including phenoxy) is 2. The van der Waals surface area contributed by atoms with Crippen LogP contribution in [0.4, 0.5) is 21.6 Å². The molecule has 1 fully saturated rings. The lowest BCUT2D eigenvalue weighted by atomic mass is 10.1. The zero-order valence-electron chi connectivity index (χ0n) is 20.6. The van der Waals surface area contributed by atoms with Crippen molar-refractivity contribution in [2.75, 3.05) is 44.5 Å². The van der Waals surface area contributed by atoms with Gasteiger partial charge in [0.1, 0.15) is 29.8 Å². The third-order valence-electron chi connectivity index (χ3n) is 5.10. The fraction of sp³-hybridized carbons (Fsp3) is 0.292. The summed E-state index contributed by atoms with van der Waals surface area (Å²) in [5.41, 5.74) is 1.65. The standard InChI is InChI=1S/C24H25ClFN5O3.HNO3/c1-31(2)8-3-4-23(32)30-21-11-17-20(12-22(21)34-16-7-9-33-13-16)27-14-28-24(17)29-15-5-6-19(26)18(25)10-15;2-1(3)4/h3-6,10-12,14,16H,7-9,13H2,1-2H3,(H,30,32)(H,27,28,29);(H,2,3,4)/b4-3+;/t16-;/m0./s1. The van der Waals surface area contributed by atoms with Crippen molar-refractivity contribution in [1.82, 2.24) is 14.9 Å². The minimum absolute atomic E-state index is 0.00436. The molecule has 0 saturated carbocycles. The van der Waals surface area contributed by atoms with Gasteiger partial charge < -0.3 is 30.2 Å². The van der Waals surface area contributed by atoms with Crippen LogP contribution in [0.5, 0.6) is 5.75 Å². The quantitative estimate of drug-likeness (QED) is 0.213. The van der Waals surface area contributed by atoms with Crippen LogP contribution in [0, 0.1) is 15.9 Å². The number of amides is 1. The van der Waals surface area contributed by atoms with E-state index in [1.807, 2.05) is 19.0 Å². The lowest BCUT2D eigenvalue weighted by molar-refractivity contribution is -0.742. The van der Waals surface area contributed by atoms with Crippen molar-refractivity contribution in [3.05, 3.63) is 69.8 Å². The molecule has 14 heteroatoms. The molecule has 0 unspecified atom stereocenters. The molecule has 2 aromatic carbocycles. The Bertz CT molecular complexity index is 1320. The Morgan fingerprint density at radius 1 is 1.37 bits per heavy atom. The Labute approximate surface area is 222 Å². The number of carbonyl (C=O) groups excluding carboxylic acids is 1. The number of nitrogens with zero attached hydrogens (tertiary/aromatic N) is 4. The Morgan fingerprint density at radius 2 is 2.13 bits per heavy atom. The molecule has 0 aliphatic carbocycles. The maximum atomic E-state index is 13.6. The third-order valence-corrected chi connectivity index (χ3v) is 5.39. The molecular weight excluding hydrogens is 523 g/mol. The number of hydrogen-bond donors (Lipinski definition) is 3. The second-order valence-electron chi connectivity index (χ2n) is 8.34. The Kier molecular flexibility index (Phi) is 10.1. The van der Waals surface area contributed by atoms with Gasteiger partial charge in [0.25, 0.3) is 5.09 Å². The van der Waals surface area contributed by atoms with Gasteiger partial charge in [-0.15, -0.1) is 10.1 Å². The van der Waals surface area contributed by atoms with Gasteiger partial charge in [-0.1, -0.05) is 17.7 Å². The van der Waals surface area contributed by atoms with Gasteiger partial charge in [0, 0.05) is 36.2 Å². The summed E-state index contributed by atoms with van der Waals surface area (Å²) in [7, 11) is 3.84. The Morgan fingerprint density at radius 3 is 2.79 bits per heavy atom. The number of aromatic nitrogens is 2. The average molecular weight is 549 g/mol. The molecule has 1 aliphatic heterocycles. The third kappa shape index (κ3) is 8.50. The minimum atomic E-state index is -1.50. The first-order valence-electron chi connectivity index (χ1n) is 11.3. The fourth-order valence-corrected chi connectivity index (χ4v) is 3.60. The highest BCUT2D eigenvalue weighted by molar-refractivity contribution is 6.31. The number of fused-ring (bicyclic) bond motifs is 1. The lowest BCUT2D eigenvalue weighted by Gasteiger charge is -2.17. The second kappa shape index (κ2) is 13.5. The van der Waals surface area contributed by atoms with E-state index < -0.39 is 10.9 Å².